The number of nitrogens with one attached hydrogen (secondary N) is 2. The van der Waals surface area contributed by atoms with E-state index < -0.39 is 0 Å². The van der Waals surface area contributed by atoms with Gasteiger partial charge in [-0.1, -0.05) is 18.2 Å². The Morgan fingerprint density at radius 1 is 1.35 bits per heavy atom. The van der Waals surface area contributed by atoms with Crippen molar-refractivity contribution in [3.8, 4) is 0 Å². The first-order valence-corrected chi connectivity index (χ1v) is 7.59. The van der Waals surface area contributed by atoms with E-state index in [2.05, 4.69) is 51.7 Å². The van der Waals surface area contributed by atoms with Crippen LogP contribution in [0.15, 0.2) is 29.3 Å². The van der Waals surface area contributed by atoms with E-state index in [1.807, 2.05) is 7.05 Å². The monoisotopic (exact) mass is 272 g/mol. The van der Waals surface area contributed by atoms with Gasteiger partial charge in [-0.2, -0.15) is 0 Å². The molecule has 1 aliphatic heterocycles. The van der Waals surface area contributed by atoms with Crippen molar-refractivity contribution in [3.63, 3.8) is 0 Å². The van der Waals surface area contributed by atoms with Gasteiger partial charge in [0.05, 0.1) is 0 Å². The van der Waals surface area contributed by atoms with Crippen LogP contribution in [-0.2, 0) is 6.42 Å². The molecule has 0 saturated heterocycles. The number of rotatable bonds is 4. The number of benzene rings is 1. The summed E-state index contributed by atoms with van der Waals surface area (Å²) < 4.78 is 0. The minimum absolute atomic E-state index is 0.590. The fourth-order valence-electron chi connectivity index (χ4n) is 2.88. The molecule has 108 valence electrons. The smallest absolute Gasteiger partial charge is 0.191 e. The van der Waals surface area contributed by atoms with Gasteiger partial charge in [-0.25, -0.2) is 0 Å². The van der Waals surface area contributed by atoms with E-state index in [9.17, 15) is 0 Å². The zero-order valence-corrected chi connectivity index (χ0v) is 12.4. The van der Waals surface area contributed by atoms with Gasteiger partial charge in [0.25, 0.3) is 0 Å². The van der Waals surface area contributed by atoms with Crippen molar-refractivity contribution < 1.29 is 0 Å². The summed E-state index contributed by atoms with van der Waals surface area (Å²) in [6.07, 6.45) is 3.71. The topological polar surface area (TPSA) is 39.7 Å². The van der Waals surface area contributed by atoms with Crippen LogP contribution in [0.5, 0.6) is 0 Å². The number of hydrogen-bond donors (Lipinski definition) is 2. The van der Waals surface area contributed by atoms with Crippen LogP contribution in [0.4, 0.5) is 5.69 Å². The van der Waals surface area contributed by atoms with Crippen LogP contribution >= 0.6 is 0 Å². The summed E-state index contributed by atoms with van der Waals surface area (Å²) in [6, 6.07) is 9.97. The Kier molecular flexibility index (Phi) is 3.81. The van der Waals surface area contributed by atoms with E-state index in [0.717, 1.165) is 25.5 Å². The molecule has 3 rings (SSSR count). The molecule has 1 aromatic rings. The van der Waals surface area contributed by atoms with E-state index >= 15 is 0 Å². The lowest BCUT2D eigenvalue weighted by Crippen LogP contribution is -2.43. The minimum Gasteiger partial charge on any atom is -0.367 e. The largest absolute Gasteiger partial charge is 0.367 e. The Labute approximate surface area is 121 Å². The maximum absolute atomic E-state index is 4.27. The molecule has 4 heteroatoms. The predicted molar refractivity (Wildman–Crippen MR) is 84.5 cm³/mol. The normalized spacial score (nSPS) is 21.8. The van der Waals surface area contributed by atoms with Crippen LogP contribution < -0.4 is 15.5 Å². The van der Waals surface area contributed by atoms with Gasteiger partial charge in [0, 0.05) is 37.9 Å². The first-order valence-electron chi connectivity index (χ1n) is 7.59. The quantitative estimate of drug-likeness (QED) is 0.648. The lowest BCUT2D eigenvalue weighted by molar-refractivity contribution is 0.656. The van der Waals surface area contributed by atoms with Gasteiger partial charge in [0.2, 0.25) is 0 Å². The molecule has 1 saturated carbocycles. The summed E-state index contributed by atoms with van der Waals surface area (Å²) in [4.78, 5) is 6.76. The Morgan fingerprint density at radius 3 is 2.90 bits per heavy atom. The lowest BCUT2D eigenvalue weighted by Gasteiger charge is -2.25. The highest BCUT2D eigenvalue weighted by Crippen LogP contribution is 2.31. The Bertz CT molecular complexity index is 493. The van der Waals surface area contributed by atoms with E-state index in [1.165, 1.54) is 24.1 Å². The van der Waals surface area contributed by atoms with Crippen LogP contribution in [0.1, 0.15) is 25.3 Å². The SMILES string of the molecule is CN=C(NCCN1c2ccccc2CC1C)NC1CC1. The van der Waals surface area contributed by atoms with Crippen molar-refractivity contribution in [2.24, 2.45) is 4.99 Å². The Balaban J connectivity index is 1.53. The molecular formula is C16H24N4. The molecular weight excluding hydrogens is 248 g/mol. The third-order valence-corrected chi connectivity index (χ3v) is 4.14. The number of guanidine groups is 1. The van der Waals surface area contributed by atoms with Crippen molar-refractivity contribution in [3.05, 3.63) is 29.8 Å². The van der Waals surface area contributed by atoms with E-state index in [1.54, 1.807) is 0 Å². The Hall–Kier alpha value is -1.71. The van der Waals surface area contributed by atoms with Crippen LogP contribution in [0.2, 0.25) is 0 Å². The summed E-state index contributed by atoms with van der Waals surface area (Å²) in [5.41, 5.74) is 2.87. The standard InChI is InChI=1S/C16H24N4/c1-12-11-13-5-3-4-6-15(13)20(12)10-9-18-16(17-2)19-14-7-8-14/h3-6,12,14H,7-11H2,1-2H3,(H2,17,18,19). The second-order valence-electron chi connectivity index (χ2n) is 5.79. The molecule has 0 radical (unpaired) electrons. The highest BCUT2D eigenvalue weighted by Gasteiger charge is 2.25. The maximum Gasteiger partial charge on any atom is 0.191 e. The Morgan fingerprint density at radius 2 is 2.15 bits per heavy atom. The molecule has 1 heterocycles. The van der Waals surface area contributed by atoms with Gasteiger partial charge in [-0.05, 0) is 37.8 Å². The van der Waals surface area contributed by atoms with Crippen molar-refractivity contribution in [1.82, 2.24) is 10.6 Å². The second-order valence-corrected chi connectivity index (χ2v) is 5.79. The zero-order chi connectivity index (χ0) is 13.9. The highest BCUT2D eigenvalue weighted by atomic mass is 15.2. The summed E-state index contributed by atoms with van der Waals surface area (Å²) in [5, 5.41) is 6.83. The fraction of sp³-hybridized carbons (Fsp3) is 0.562. The van der Waals surface area contributed by atoms with Gasteiger partial charge < -0.3 is 15.5 Å². The van der Waals surface area contributed by atoms with E-state index in [4.69, 9.17) is 0 Å². The molecule has 1 aliphatic carbocycles. The van der Waals surface area contributed by atoms with Crippen molar-refractivity contribution in [1.29, 1.82) is 0 Å². The number of fused-ring (bicyclic) bond motifs is 1. The first kappa shape index (κ1) is 13.3. The summed E-state index contributed by atoms with van der Waals surface area (Å²) in [7, 11) is 1.84. The van der Waals surface area contributed by atoms with Crippen LogP contribution in [-0.4, -0.2) is 38.2 Å². The zero-order valence-electron chi connectivity index (χ0n) is 12.4. The third kappa shape index (κ3) is 2.89. The minimum atomic E-state index is 0.590. The lowest BCUT2D eigenvalue weighted by atomic mass is 10.1. The van der Waals surface area contributed by atoms with Gasteiger partial charge in [-0.15, -0.1) is 0 Å². The molecule has 1 atom stereocenters. The van der Waals surface area contributed by atoms with Gasteiger partial charge in [-0.3, -0.25) is 4.99 Å². The maximum atomic E-state index is 4.27. The molecule has 0 amide bonds. The molecule has 0 spiro atoms. The number of para-hydroxylation sites is 1. The van der Waals surface area contributed by atoms with Gasteiger partial charge in [0.1, 0.15) is 0 Å². The molecule has 1 unspecified atom stereocenters. The molecule has 20 heavy (non-hydrogen) atoms. The highest BCUT2D eigenvalue weighted by molar-refractivity contribution is 5.80. The molecule has 4 nitrogen and oxygen atoms in total. The van der Waals surface area contributed by atoms with Crippen LogP contribution in [0, 0.1) is 0 Å². The van der Waals surface area contributed by atoms with Crippen molar-refractivity contribution in [2.75, 3.05) is 25.0 Å². The average Bonchev–Trinajstić information content (AvgIpc) is 3.21. The fourth-order valence-corrected chi connectivity index (χ4v) is 2.88. The number of hydrogen-bond acceptors (Lipinski definition) is 2. The van der Waals surface area contributed by atoms with Gasteiger partial charge >= 0.3 is 0 Å². The average molecular weight is 272 g/mol. The summed E-state index contributed by atoms with van der Waals surface area (Å²) >= 11 is 0. The summed E-state index contributed by atoms with van der Waals surface area (Å²) in [6.45, 7) is 4.24. The molecule has 0 aromatic heterocycles. The van der Waals surface area contributed by atoms with Crippen LogP contribution in [0.3, 0.4) is 0 Å². The number of anilines is 1. The van der Waals surface area contributed by atoms with E-state index in [0.29, 0.717) is 12.1 Å². The molecule has 1 fully saturated rings. The molecule has 2 aliphatic rings. The number of nitrogens with zero attached hydrogens (tertiary/aromatic N) is 2. The van der Waals surface area contributed by atoms with Crippen LogP contribution in [0.25, 0.3) is 0 Å². The van der Waals surface area contributed by atoms with E-state index in [-0.39, 0.29) is 0 Å². The van der Waals surface area contributed by atoms with Crippen molar-refractivity contribution in [2.45, 2.75) is 38.3 Å². The molecule has 2 N–H and O–H groups in total. The van der Waals surface area contributed by atoms with Crippen molar-refractivity contribution >= 4 is 11.6 Å². The molecule has 1 aromatic carbocycles. The first-order chi connectivity index (χ1) is 9.78. The predicted octanol–water partition coefficient (Wildman–Crippen LogP) is 1.76. The molecule has 0 bridgehead atoms. The third-order valence-electron chi connectivity index (χ3n) is 4.14. The second kappa shape index (κ2) is 5.73. The number of aliphatic imine (C=N–C) groups is 1. The van der Waals surface area contributed by atoms with Gasteiger partial charge in [0.15, 0.2) is 5.96 Å². The summed E-state index contributed by atoms with van der Waals surface area (Å²) in [5.74, 6) is 0.938.